The zero-order chi connectivity index (χ0) is 25.5. The Morgan fingerprint density at radius 3 is 2.42 bits per heavy atom. The number of benzene rings is 2. The molecule has 0 aliphatic carbocycles. The monoisotopic (exact) mass is 490 g/mol. The van der Waals surface area contributed by atoms with Crippen molar-refractivity contribution in [3.05, 3.63) is 71.4 Å². The summed E-state index contributed by atoms with van der Waals surface area (Å²) in [6, 6.07) is 15.4. The average molecular weight is 491 g/mol. The number of carbonyl (C=O) groups excluding carboxylic acids is 1. The van der Waals surface area contributed by atoms with Crippen LogP contribution in [-0.2, 0) is 6.54 Å². The molecule has 3 aromatic rings. The number of hydrogen-bond donors (Lipinski definition) is 1. The minimum atomic E-state index is -0.126. The molecule has 8 nitrogen and oxygen atoms in total. The van der Waals surface area contributed by atoms with Crippen molar-refractivity contribution in [3.8, 4) is 17.2 Å². The second kappa shape index (κ2) is 11.8. The van der Waals surface area contributed by atoms with Gasteiger partial charge in [-0.15, -0.1) is 0 Å². The van der Waals surface area contributed by atoms with E-state index in [1.54, 1.807) is 27.5 Å². The van der Waals surface area contributed by atoms with E-state index in [0.717, 1.165) is 56.1 Å². The van der Waals surface area contributed by atoms with Crippen LogP contribution in [0.3, 0.4) is 0 Å². The second-order valence-corrected chi connectivity index (χ2v) is 8.78. The van der Waals surface area contributed by atoms with Gasteiger partial charge in [-0.2, -0.15) is 0 Å². The molecule has 8 heteroatoms. The topological polar surface area (TPSA) is 76.2 Å². The Hall–Kier alpha value is -3.78. The summed E-state index contributed by atoms with van der Waals surface area (Å²) < 4.78 is 16.6. The van der Waals surface area contributed by atoms with E-state index in [1.165, 1.54) is 0 Å². The van der Waals surface area contributed by atoms with Crippen molar-refractivity contribution in [1.29, 1.82) is 0 Å². The van der Waals surface area contributed by atoms with Gasteiger partial charge in [-0.05, 0) is 43.2 Å². The quantitative estimate of drug-likeness (QED) is 0.502. The Morgan fingerprint density at radius 2 is 1.72 bits per heavy atom. The van der Waals surface area contributed by atoms with Crippen LogP contribution >= 0.6 is 0 Å². The van der Waals surface area contributed by atoms with Crippen molar-refractivity contribution >= 4 is 17.4 Å². The predicted molar refractivity (Wildman–Crippen MR) is 142 cm³/mol. The van der Waals surface area contributed by atoms with Gasteiger partial charge in [0.05, 0.1) is 33.2 Å². The fraction of sp³-hybridized carbons (Fsp3) is 0.357. The third-order valence-corrected chi connectivity index (χ3v) is 6.49. The number of hydrogen-bond acceptors (Lipinski definition) is 7. The van der Waals surface area contributed by atoms with Gasteiger partial charge in [0.15, 0.2) is 11.5 Å². The first-order chi connectivity index (χ1) is 17.5. The minimum Gasteiger partial charge on any atom is -0.493 e. The van der Waals surface area contributed by atoms with Crippen molar-refractivity contribution in [2.24, 2.45) is 0 Å². The molecule has 2 heterocycles. The number of carbonyl (C=O) groups is 1. The Labute approximate surface area is 212 Å². The molecule has 0 spiro atoms. The number of anilines is 2. The van der Waals surface area contributed by atoms with Crippen LogP contribution in [0.15, 0.2) is 54.7 Å². The van der Waals surface area contributed by atoms with Gasteiger partial charge in [0.25, 0.3) is 5.91 Å². The molecule has 0 radical (unpaired) electrons. The van der Waals surface area contributed by atoms with Crippen LogP contribution in [-0.4, -0.2) is 63.3 Å². The molecular formula is C28H34N4O4. The predicted octanol–water partition coefficient (Wildman–Crippen LogP) is 4.38. The molecule has 36 heavy (non-hydrogen) atoms. The number of amides is 1. The molecule has 1 fully saturated rings. The van der Waals surface area contributed by atoms with Crippen LogP contribution < -0.4 is 24.4 Å². The second-order valence-electron chi connectivity index (χ2n) is 8.78. The number of ether oxygens (including phenoxy) is 3. The van der Waals surface area contributed by atoms with Gasteiger partial charge in [0.2, 0.25) is 5.75 Å². The van der Waals surface area contributed by atoms with Gasteiger partial charge < -0.3 is 24.4 Å². The highest BCUT2D eigenvalue weighted by Gasteiger charge is 2.21. The molecule has 190 valence electrons. The zero-order valence-electron chi connectivity index (χ0n) is 21.4. The lowest BCUT2D eigenvalue weighted by Crippen LogP contribution is -2.31. The number of methoxy groups -OCH3 is 3. The van der Waals surface area contributed by atoms with E-state index in [4.69, 9.17) is 14.2 Å². The maximum absolute atomic E-state index is 12.6. The van der Waals surface area contributed by atoms with Crippen LogP contribution in [0.2, 0.25) is 0 Å². The number of rotatable bonds is 8. The summed E-state index contributed by atoms with van der Waals surface area (Å²) in [4.78, 5) is 21.9. The van der Waals surface area contributed by atoms with Gasteiger partial charge >= 0.3 is 0 Å². The number of nitrogens with one attached hydrogen (secondary N) is 1. The van der Waals surface area contributed by atoms with Crippen molar-refractivity contribution in [2.45, 2.75) is 19.9 Å². The molecule has 4 rings (SSSR count). The Balaban J connectivity index is 1.38. The normalized spacial score (nSPS) is 14.2. The van der Waals surface area contributed by atoms with E-state index in [2.05, 4.69) is 20.1 Å². The van der Waals surface area contributed by atoms with E-state index in [9.17, 15) is 4.79 Å². The van der Waals surface area contributed by atoms with Crippen LogP contribution in [0, 0.1) is 6.92 Å². The summed E-state index contributed by atoms with van der Waals surface area (Å²) >= 11 is 0. The van der Waals surface area contributed by atoms with E-state index in [0.29, 0.717) is 28.5 Å². The molecule has 1 N–H and O–H groups in total. The fourth-order valence-corrected chi connectivity index (χ4v) is 4.56. The Kier molecular flexibility index (Phi) is 8.28. The first-order valence-electron chi connectivity index (χ1n) is 12.1. The van der Waals surface area contributed by atoms with E-state index in [-0.39, 0.29) is 5.91 Å². The summed E-state index contributed by atoms with van der Waals surface area (Å²) in [5.41, 5.74) is 3.36. The highest BCUT2D eigenvalue weighted by atomic mass is 16.5. The van der Waals surface area contributed by atoms with Gasteiger partial charge in [-0.3, -0.25) is 9.69 Å². The van der Waals surface area contributed by atoms with Crippen LogP contribution in [0.5, 0.6) is 17.2 Å². The smallest absolute Gasteiger partial charge is 0.255 e. The van der Waals surface area contributed by atoms with Gasteiger partial charge in [-0.25, -0.2) is 4.98 Å². The Morgan fingerprint density at radius 1 is 0.917 bits per heavy atom. The van der Waals surface area contributed by atoms with Gasteiger partial charge in [-0.1, -0.05) is 24.3 Å². The van der Waals surface area contributed by atoms with Crippen molar-refractivity contribution in [2.75, 3.05) is 57.7 Å². The molecule has 0 atom stereocenters. The van der Waals surface area contributed by atoms with Crippen LogP contribution in [0.4, 0.5) is 11.5 Å². The molecule has 0 saturated carbocycles. The highest BCUT2D eigenvalue weighted by Crippen LogP contribution is 2.40. The van der Waals surface area contributed by atoms with Crippen LogP contribution in [0.25, 0.3) is 0 Å². The summed E-state index contributed by atoms with van der Waals surface area (Å²) in [5.74, 6) is 2.77. The SMILES string of the molecule is COc1ccc(CN2CCCN(c3ccc(NC(=O)c4ccccc4C)cn3)CC2)c(OC)c1OC. The molecule has 0 unspecified atom stereocenters. The molecule has 0 bridgehead atoms. The summed E-state index contributed by atoms with van der Waals surface area (Å²) in [6.45, 7) is 6.33. The Bertz CT molecular complexity index is 1180. The standard InChI is InChI=1S/C28H34N4O4/c1-20-8-5-6-9-23(20)28(33)30-22-11-13-25(29-18-22)32-15-7-14-31(16-17-32)19-21-10-12-24(34-2)27(36-4)26(21)35-3/h5-6,8-13,18H,7,14-17,19H2,1-4H3,(H,30,33). The largest absolute Gasteiger partial charge is 0.493 e. The molecular weight excluding hydrogens is 456 g/mol. The molecule has 1 aliphatic heterocycles. The number of nitrogens with zero attached hydrogens (tertiary/aromatic N) is 3. The van der Waals surface area contributed by atoms with E-state index >= 15 is 0 Å². The molecule has 1 aliphatic rings. The summed E-state index contributed by atoms with van der Waals surface area (Å²) in [6.07, 6.45) is 2.74. The third kappa shape index (κ3) is 5.71. The third-order valence-electron chi connectivity index (χ3n) is 6.49. The maximum atomic E-state index is 12.6. The highest BCUT2D eigenvalue weighted by molar-refractivity contribution is 6.05. The van der Waals surface area contributed by atoms with Crippen LogP contribution in [0.1, 0.15) is 27.9 Å². The maximum Gasteiger partial charge on any atom is 0.255 e. The van der Waals surface area contributed by atoms with E-state index in [1.807, 2.05) is 55.5 Å². The number of pyridine rings is 1. The first kappa shape index (κ1) is 25.3. The first-order valence-corrected chi connectivity index (χ1v) is 12.1. The van der Waals surface area contributed by atoms with Crippen molar-refractivity contribution in [3.63, 3.8) is 0 Å². The van der Waals surface area contributed by atoms with Crippen molar-refractivity contribution < 1.29 is 19.0 Å². The zero-order valence-corrected chi connectivity index (χ0v) is 21.4. The van der Waals surface area contributed by atoms with Crippen molar-refractivity contribution in [1.82, 2.24) is 9.88 Å². The summed E-state index contributed by atoms with van der Waals surface area (Å²) in [5, 5.41) is 2.94. The number of aryl methyl sites for hydroxylation is 1. The average Bonchev–Trinajstić information content (AvgIpc) is 3.14. The minimum absolute atomic E-state index is 0.126. The summed E-state index contributed by atoms with van der Waals surface area (Å²) in [7, 11) is 4.91. The number of aromatic nitrogens is 1. The molecule has 1 amide bonds. The molecule has 2 aromatic carbocycles. The lowest BCUT2D eigenvalue weighted by Gasteiger charge is -2.24. The fourth-order valence-electron chi connectivity index (χ4n) is 4.56. The molecule has 1 aromatic heterocycles. The van der Waals surface area contributed by atoms with Gasteiger partial charge in [0, 0.05) is 43.9 Å². The molecule has 1 saturated heterocycles. The van der Waals surface area contributed by atoms with Gasteiger partial charge in [0.1, 0.15) is 5.82 Å². The lowest BCUT2D eigenvalue weighted by atomic mass is 10.1. The lowest BCUT2D eigenvalue weighted by molar-refractivity contribution is 0.102. The van der Waals surface area contributed by atoms with E-state index < -0.39 is 0 Å².